The van der Waals surface area contributed by atoms with Crippen molar-refractivity contribution >= 4 is 17.5 Å². The average molecular weight is 234 g/mol. The highest BCUT2D eigenvalue weighted by Gasteiger charge is 2.01. The van der Waals surface area contributed by atoms with E-state index >= 15 is 0 Å². The molecule has 0 aliphatic heterocycles. The number of primary amides is 1. The summed E-state index contributed by atoms with van der Waals surface area (Å²) in [5, 5.41) is 2.65. The van der Waals surface area contributed by atoms with Crippen LogP contribution in [0.1, 0.15) is 6.92 Å². The summed E-state index contributed by atoms with van der Waals surface area (Å²) in [6, 6.07) is 6.72. The van der Waals surface area contributed by atoms with Gasteiger partial charge in [0.05, 0.1) is 0 Å². The Hall–Kier alpha value is -2.30. The zero-order valence-corrected chi connectivity index (χ0v) is 9.47. The molecule has 5 heteroatoms. The van der Waals surface area contributed by atoms with Crippen LogP contribution in [0.25, 0.3) is 0 Å². The summed E-state index contributed by atoms with van der Waals surface area (Å²) in [6.45, 7) is 1.57. The third-order valence-electron chi connectivity index (χ3n) is 1.80. The first-order valence-corrected chi connectivity index (χ1v) is 5.06. The van der Waals surface area contributed by atoms with Crippen LogP contribution in [-0.4, -0.2) is 18.4 Å². The number of allylic oxidation sites excluding steroid dienone is 1. The van der Waals surface area contributed by atoms with Crippen molar-refractivity contribution in [1.29, 1.82) is 0 Å². The minimum absolute atomic E-state index is 0.188. The number of benzene rings is 1. The smallest absolute Gasteiger partial charge is 0.255 e. The molecule has 5 nitrogen and oxygen atoms in total. The monoisotopic (exact) mass is 234 g/mol. The zero-order valence-electron chi connectivity index (χ0n) is 9.47. The Balaban J connectivity index is 2.65. The Morgan fingerprint density at radius 2 is 2.24 bits per heavy atom. The molecule has 0 bridgehead atoms. The molecule has 0 aromatic heterocycles. The molecule has 2 amide bonds. The van der Waals surface area contributed by atoms with Crippen molar-refractivity contribution in [1.82, 2.24) is 0 Å². The van der Waals surface area contributed by atoms with Crippen LogP contribution in [0.15, 0.2) is 36.4 Å². The van der Waals surface area contributed by atoms with E-state index in [1.165, 1.54) is 6.08 Å². The predicted molar refractivity (Wildman–Crippen MR) is 64.6 cm³/mol. The molecule has 0 fully saturated rings. The van der Waals surface area contributed by atoms with Crippen LogP contribution in [0.3, 0.4) is 0 Å². The maximum Gasteiger partial charge on any atom is 0.255 e. The van der Waals surface area contributed by atoms with Crippen LogP contribution in [0, 0.1) is 0 Å². The van der Waals surface area contributed by atoms with Gasteiger partial charge in [0, 0.05) is 11.8 Å². The van der Waals surface area contributed by atoms with Crippen LogP contribution in [-0.2, 0) is 9.59 Å². The van der Waals surface area contributed by atoms with Crippen molar-refractivity contribution in [3.63, 3.8) is 0 Å². The van der Waals surface area contributed by atoms with Crippen LogP contribution < -0.4 is 15.8 Å². The van der Waals surface area contributed by atoms with E-state index < -0.39 is 5.91 Å². The van der Waals surface area contributed by atoms with E-state index in [4.69, 9.17) is 10.5 Å². The van der Waals surface area contributed by atoms with Gasteiger partial charge in [-0.05, 0) is 25.1 Å². The summed E-state index contributed by atoms with van der Waals surface area (Å²) in [5.74, 6) is -0.296. The number of hydrogen-bond acceptors (Lipinski definition) is 3. The van der Waals surface area contributed by atoms with Crippen molar-refractivity contribution in [2.75, 3.05) is 11.9 Å². The highest BCUT2D eigenvalue weighted by Crippen LogP contribution is 2.17. The van der Waals surface area contributed by atoms with Crippen molar-refractivity contribution in [2.45, 2.75) is 6.92 Å². The number of rotatable bonds is 5. The summed E-state index contributed by atoms with van der Waals surface area (Å²) < 4.78 is 5.11. The largest absolute Gasteiger partial charge is 0.484 e. The topological polar surface area (TPSA) is 81.4 Å². The van der Waals surface area contributed by atoms with E-state index in [2.05, 4.69) is 5.32 Å². The number of nitrogens with one attached hydrogen (secondary N) is 1. The van der Waals surface area contributed by atoms with Gasteiger partial charge in [0.25, 0.3) is 5.91 Å². The molecule has 1 rings (SSSR count). The van der Waals surface area contributed by atoms with Gasteiger partial charge < -0.3 is 15.8 Å². The third-order valence-corrected chi connectivity index (χ3v) is 1.80. The molecule has 3 N–H and O–H groups in total. The van der Waals surface area contributed by atoms with E-state index in [0.717, 1.165) is 0 Å². The number of carbonyl (C=O) groups is 2. The van der Waals surface area contributed by atoms with Gasteiger partial charge in [-0.2, -0.15) is 0 Å². The van der Waals surface area contributed by atoms with Crippen LogP contribution in [0.4, 0.5) is 5.69 Å². The van der Waals surface area contributed by atoms with Gasteiger partial charge in [-0.1, -0.05) is 12.1 Å². The molecule has 0 heterocycles. The Labute approximate surface area is 99.3 Å². The number of nitrogens with two attached hydrogens (primary N) is 1. The molecule has 0 unspecified atom stereocenters. The van der Waals surface area contributed by atoms with Crippen molar-refractivity contribution in [2.24, 2.45) is 5.73 Å². The van der Waals surface area contributed by atoms with Gasteiger partial charge in [0.2, 0.25) is 5.91 Å². The van der Waals surface area contributed by atoms with Gasteiger partial charge in [0.1, 0.15) is 5.75 Å². The molecule has 0 aliphatic carbocycles. The van der Waals surface area contributed by atoms with Crippen molar-refractivity contribution in [3.05, 3.63) is 36.4 Å². The Kier molecular flexibility index (Phi) is 4.75. The van der Waals surface area contributed by atoms with Gasteiger partial charge in [-0.25, -0.2) is 0 Å². The van der Waals surface area contributed by atoms with E-state index in [1.807, 2.05) is 0 Å². The summed E-state index contributed by atoms with van der Waals surface area (Å²) in [4.78, 5) is 21.8. The Morgan fingerprint density at radius 3 is 2.88 bits per heavy atom. The molecule has 0 aliphatic rings. The van der Waals surface area contributed by atoms with Crippen molar-refractivity contribution in [3.8, 4) is 5.75 Å². The van der Waals surface area contributed by atoms with Crippen LogP contribution >= 0.6 is 0 Å². The highest BCUT2D eigenvalue weighted by atomic mass is 16.5. The van der Waals surface area contributed by atoms with Gasteiger partial charge >= 0.3 is 0 Å². The Morgan fingerprint density at radius 1 is 1.47 bits per heavy atom. The van der Waals surface area contributed by atoms with Gasteiger partial charge in [-0.3, -0.25) is 9.59 Å². The fraction of sp³-hybridized carbons (Fsp3) is 0.167. The molecular formula is C12H14N2O3. The molecule has 0 saturated heterocycles. The standard InChI is InChI=1S/C12H14N2O3/c1-2-4-12(16)14-9-5-3-6-10(7-9)17-8-11(13)15/h2-7H,8H2,1H3,(H2,13,15)(H,14,16). The molecule has 17 heavy (non-hydrogen) atoms. The lowest BCUT2D eigenvalue weighted by Crippen LogP contribution is -2.20. The highest BCUT2D eigenvalue weighted by molar-refractivity contribution is 5.99. The second-order valence-electron chi connectivity index (χ2n) is 3.27. The normalized spacial score (nSPS) is 10.2. The summed E-state index contributed by atoms with van der Waals surface area (Å²) >= 11 is 0. The molecular weight excluding hydrogens is 220 g/mol. The SMILES string of the molecule is CC=CC(=O)Nc1cccc(OCC(N)=O)c1. The fourth-order valence-electron chi connectivity index (χ4n) is 1.15. The molecule has 0 saturated carbocycles. The number of hydrogen-bond donors (Lipinski definition) is 2. The van der Waals surface area contributed by atoms with E-state index in [0.29, 0.717) is 11.4 Å². The van der Waals surface area contributed by atoms with Crippen LogP contribution in [0.2, 0.25) is 0 Å². The predicted octanol–water partition coefficient (Wildman–Crippen LogP) is 1.07. The number of amides is 2. The second kappa shape index (κ2) is 6.32. The lowest BCUT2D eigenvalue weighted by atomic mass is 10.3. The summed E-state index contributed by atoms with van der Waals surface area (Å²) in [5.41, 5.74) is 5.55. The number of carbonyl (C=O) groups excluding carboxylic acids is 2. The van der Waals surface area contributed by atoms with Gasteiger partial charge in [0.15, 0.2) is 6.61 Å². The second-order valence-corrected chi connectivity index (χ2v) is 3.27. The number of ether oxygens (including phenoxy) is 1. The van der Waals surface area contributed by atoms with Crippen molar-refractivity contribution < 1.29 is 14.3 Å². The lowest BCUT2D eigenvalue weighted by Gasteiger charge is -2.06. The fourth-order valence-corrected chi connectivity index (χ4v) is 1.15. The minimum Gasteiger partial charge on any atom is -0.484 e. The first kappa shape index (κ1) is 12.8. The molecule has 1 aromatic rings. The summed E-state index contributed by atoms with van der Waals surface area (Å²) in [7, 11) is 0. The quantitative estimate of drug-likeness (QED) is 0.747. The maximum absolute atomic E-state index is 11.3. The van der Waals surface area contributed by atoms with E-state index in [-0.39, 0.29) is 12.5 Å². The first-order chi connectivity index (χ1) is 8.11. The summed E-state index contributed by atoms with van der Waals surface area (Å²) in [6.07, 6.45) is 3.06. The van der Waals surface area contributed by atoms with E-state index in [9.17, 15) is 9.59 Å². The zero-order chi connectivity index (χ0) is 12.7. The number of anilines is 1. The van der Waals surface area contributed by atoms with E-state index in [1.54, 1.807) is 37.3 Å². The van der Waals surface area contributed by atoms with Gasteiger partial charge in [-0.15, -0.1) is 0 Å². The Bertz CT molecular complexity index is 441. The first-order valence-electron chi connectivity index (χ1n) is 5.06. The third kappa shape index (κ3) is 4.83. The maximum atomic E-state index is 11.3. The minimum atomic E-state index is -0.548. The average Bonchev–Trinajstić information content (AvgIpc) is 2.27. The molecule has 1 aromatic carbocycles. The lowest BCUT2D eigenvalue weighted by molar-refractivity contribution is -0.120. The molecule has 0 spiro atoms. The molecule has 0 radical (unpaired) electrons. The van der Waals surface area contributed by atoms with Crippen LogP contribution in [0.5, 0.6) is 5.75 Å². The molecule has 90 valence electrons. The molecule has 0 atom stereocenters.